The van der Waals surface area contributed by atoms with E-state index in [1.807, 2.05) is 57.1 Å². The number of carbonyl (C=O) groups is 2. The zero-order chi connectivity index (χ0) is 19.3. The van der Waals surface area contributed by atoms with Crippen LogP contribution < -0.4 is 10.2 Å². The number of nitrogens with one attached hydrogen (secondary N) is 1. The van der Waals surface area contributed by atoms with Gasteiger partial charge in [0, 0.05) is 30.7 Å². The number of hydrogen-bond acceptors (Lipinski definition) is 5. The number of rotatable bonds is 6. The summed E-state index contributed by atoms with van der Waals surface area (Å²) in [6.45, 7) is 5.83. The van der Waals surface area contributed by atoms with Gasteiger partial charge in [-0.3, -0.25) is 4.79 Å². The van der Waals surface area contributed by atoms with Gasteiger partial charge in [0.25, 0.3) is 0 Å². The van der Waals surface area contributed by atoms with Crippen molar-refractivity contribution in [3.05, 3.63) is 51.9 Å². The molecule has 2 aromatic rings. The van der Waals surface area contributed by atoms with Gasteiger partial charge in [-0.2, -0.15) is 0 Å². The van der Waals surface area contributed by atoms with Crippen molar-refractivity contribution in [2.45, 2.75) is 20.8 Å². The minimum Gasteiger partial charge on any atom is -0.462 e. The van der Waals surface area contributed by atoms with E-state index >= 15 is 0 Å². The lowest BCUT2D eigenvalue weighted by Crippen LogP contribution is -2.12. The van der Waals surface area contributed by atoms with Gasteiger partial charge in [-0.25, -0.2) is 4.79 Å². The molecule has 5 nitrogen and oxygen atoms in total. The highest BCUT2D eigenvalue weighted by atomic mass is 32.1. The summed E-state index contributed by atoms with van der Waals surface area (Å²) in [6.07, 6.45) is 3.20. The third-order valence-corrected chi connectivity index (χ3v) is 5.06. The van der Waals surface area contributed by atoms with E-state index in [1.54, 1.807) is 13.0 Å². The molecule has 26 heavy (non-hydrogen) atoms. The number of ether oxygens (including phenoxy) is 1. The predicted octanol–water partition coefficient (Wildman–Crippen LogP) is 4.26. The molecule has 0 saturated heterocycles. The van der Waals surface area contributed by atoms with Crippen molar-refractivity contribution in [3.63, 3.8) is 0 Å². The number of anilines is 2. The minimum absolute atomic E-state index is 0.284. The smallest absolute Gasteiger partial charge is 0.341 e. The van der Waals surface area contributed by atoms with Crippen LogP contribution in [-0.4, -0.2) is 32.6 Å². The summed E-state index contributed by atoms with van der Waals surface area (Å²) in [5.41, 5.74) is 3.29. The average molecular weight is 372 g/mol. The summed E-state index contributed by atoms with van der Waals surface area (Å²) < 4.78 is 5.10. The van der Waals surface area contributed by atoms with Gasteiger partial charge in [0.05, 0.1) is 12.2 Å². The molecule has 0 atom stereocenters. The van der Waals surface area contributed by atoms with E-state index in [2.05, 4.69) is 5.32 Å². The standard InChI is InChI=1S/C20H24N2O3S/c1-6-25-20(24)18-13(2)14(3)26-19(18)21-17(23)12-9-15-7-10-16(11-8-15)22(4)5/h7-12H,6H2,1-5H3,(H,21,23). The zero-order valence-corrected chi connectivity index (χ0v) is 16.6. The fraction of sp³-hybridized carbons (Fsp3) is 0.300. The van der Waals surface area contributed by atoms with Gasteiger partial charge in [-0.05, 0) is 50.1 Å². The predicted molar refractivity (Wildman–Crippen MR) is 108 cm³/mol. The number of thiophene rings is 1. The first-order chi connectivity index (χ1) is 12.3. The molecule has 0 spiro atoms. The number of esters is 1. The Bertz CT molecular complexity index is 820. The second-order valence-electron chi connectivity index (χ2n) is 6.02. The molecule has 6 heteroatoms. The molecule has 0 aliphatic carbocycles. The molecular formula is C20H24N2O3S. The van der Waals surface area contributed by atoms with Crippen molar-refractivity contribution in [2.75, 3.05) is 30.9 Å². The number of hydrogen-bond donors (Lipinski definition) is 1. The monoisotopic (exact) mass is 372 g/mol. The van der Waals surface area contributed by atoms with Crippen molar-refractivity contribution >= 4 is 40.0 Å². The Morgan fingerprint density at radius 1 is 1.19 bits per heavy atom. The molecule has 1 N–H and O–H groups in total. The molecule has 1 aromatic carbocycles. The van der Waals surface area contributed by atoms with Gasteiger partial charge in [-0.1, -0.05) is 12.1 Å². The van der Waals surface area contributed by atoms with E-state index in [1.165, 1.54) is 17.4 Å². The summed E-state index contributed by atoms with van der Waals surface area (Å²) in [6, 6.07) is 7.87. The summed E-state index contributed by atoms with van der Waals surface area (Å²) in [4.78, 5) is 27.4. The summed E-state index contributed by atoms with van der Waals surface area (Å²) in [7, 11) is 3.95. The summed E-state index contributed by atoms with van der Waals surface area (Å²) in [5, 5.41) is 3.32. The van der Waals surface area contributed by atoms with Gasteiger partial charge in [0.15, 0.2) is 0 Å². The number of benzene rings is 1. The molecule has 1 aromatic heterocycles. The Balaban J connectivity index is 2.12. The second kappa shape index (κ2) is 8.67. The fourth-order valence-electron chi connectivity index (χ4n) is 2.37. The van der Waals surface area contributed by atoms with E-state index in [-0.39, 0.29) is 5.91 Å². The largest absolute Gasteiger partial charge is 0.462 e. The quantitative estimate of drug-likeness (QED) is 0.608. The van der Waals surface area contributed by atoms with E-state index in [0.29, 0.717) is 17.2 Å². The Hall–Kier alpha value is -2.60. The van der Waals surface area contributed by atoms with Crippen molar-refractivity contribution in [1.82, 2.24) is 0 Å². The Morgan fingerprint density at radius 2 is 1.85 bits per heavy atom. The van der Waals surface area contributed by atoms with Crippen LogP contribution in [0.1, 0.15) is 33.3 Å². The van der Waals surface area contributed by atoms with E-state index in [4.69, 9.17) is 4.74 Å². The molecule has 0 aliphatic rings. The van der Waals surface area contributed by atoms with Crippen molar-refractivity contribution in [2.24, 2.45) is 0 Å². The summed E-state index contributed by atoms with van der Waals surface area (Å²) >= 11 is 1.38. The number of nitrogens with zero attached hydrogens (tertiary/aromatic N) is 1. The van der Waals surface area contributed by atoms with E-state index in [0.717, 1.165) is 21.7 Å². The molecule has 0 unspecified atom stereocenters. The molecule has 0 radical (unpaired) electrons. The van der Waals surface area contributed by atoms with E-state index in [9.17, 15) is 9.59 Å². The topological polar surface area (TPSA) is 58.6 Å². The first-order valence-electron chi connectivity index (χ1n) is 8.37. The number of carbonyl (C=O) groups excluding carboxylic acids is 2. The van der Waals surface area contributed by atoms with Crippen LogP contribution in [0.3, 0.4) is 0 Å². The van der Waals surface area contributed by atoms with Crippen LogP contribution in [0, 0.1) is 13.8 Å². The van der Waals surface area contributed by atoms with Crippen LogP contribution in [0.5, 0.6) is 0 Å². The highest BCUT2D eigenvalue weighted by molar-refractivity contribution is 7.16. The maximum Gasteiger partial charge on any atom is 0.341 e. The third kappa shape index (κ3) is 4.73. The SMILES string of the molecule is CCOC(=O)c1c(NC(=O)C=Cc2ccc(N(C)C)cc2)sc(C)c1C. The van der Waals surface area contributed by atoms with Crippen molar-refractivity contribution in [1.29, 1.82) is 0 Å². The van der Waals surface area contributed by atoms with Gasteiger partial charge in [0.1, 0.15) is 5.00 Å². The lowest BCUT2D eigenvalue weighted by atomic mass is 10.1. The Morgan fingerprint density at radius 3 is 2.42 bits per heavy atom. The first-order valence-corrected chi connectivity index (χ1v) is 9.18. The van der Waals surface area contributed by atoms with Crippen LogP contribution in [0.25, 0.3) is 6.08 Å². The highest BCUT2D eigenvalue weighted by Gasteiger charge is 2.21. The molecule has 0 saturated carbocycles. The highest BCUT2D eigenvalue weighted by Crippen LogP contribution is 2.33. The van der Waals surface area contributed by atoms with Crippen molar-refractivity contribution < 1.29 is 14.3 Å². The van der Waals surface area contributed by atoms with Crippen LogP contribution in [0.4, 0.5) is 10.7 Å². The molecule has 1 amide bonds. The normalized spacial score (nSPS) is 10.8. The van der Waals surface area contributed by atoms with Crippen LogP contribution >= 0.6 is 11.3 Å². The lowest BCUT2D eigenvalue weighted by Gasteiger charge is -2.11. The molecule has 138 valence electrons. The molecule has 1 heterocycles. The number of amides is 1. The van der Waals surface area contributed by atoms with Gasteiger partial charge in [0.2, 0.25) is 5.91 Å². The first kappa shape index (κ1) is 19.7. The fourth-order valence-corrected chi connectivity index (χ4v) is 3.42. The second-order valence-corrected chi connectivity index (χ2v) is 7.24. The average Bonchev–Trinajstić information content (AvgIpc) is 2.87. The maximum absolute atomic E-state index is 12.3. The molecular weight excluding hydrogens is 348 g/mol. The molecule has 0 fully saturated rings. The third-order valence-electron chi connectivity index (χ3n) is 3.94. The lowest BCUT2D eigenvalue weighted by molar-refractivity contribution is -0.111. The number of aryl methyl sites for hydroxylation is 1. The molecule has 2 rings (SSSR count). The zero-order valence-electron chi connectivity index (χ0n) is 15.8. The Kier molecular flexibility index (Phi) is 6.58. The van der Waals surface area contributed by atoms with Crippen molar-refractivity contribution in [3.8, 4) is 0 Å². The molecule has 0 aliphatic heterocycles. The van der Waals surface area contributed by atoms with E-state index < -0.39 is 5.97 Å². The Labute approximate surface area is 158 Å². The van der Waals surface area contributed by atoms with Gasteiger partial charge < -0.3 is 15.0 Å². The van der Waals surface area contributed by atoms with Crippen LogP contribution in [-0.2, 0) is 9.53 Å². The van der Waals surface area contributed by atoms with Crippen LogP contribution in [0.2, 0.25) is 0 Å². The summed E-state index contributed by atoms with van der Waals surface area (Å²) in [5.74, 6) is -0.693. The van der Waals surface area contributed by atoms with Gasteiger partial charge in [-0.15, -0.1) is 11.3 Å². The minimum atomic E-state index is -0.409. The van der Waals surface area contributed by atoms with Crippen LogP contribution in [0.15, 0.2) is 30.3 Å². The van der Waals surface area contributed by atoms with Gasteiger partial charge >= 0.3 is 5.97 Å². The molecule has 0 bridgehead atoms. The maximum atomic E-state index is 12.3.